The fourth-order valence-electron chi connectivity index (χ4n) is 0.848. The monoisotopic (exact) mass is 216 g/mol. The van der Waals surface area contributed by atoms with Gasteiger partial charge in [0.05, 0.1) is 12.6 Å². The molecule has 0 N–H and O–H groups in total. The first-order valence-corrected chi connectivity index (χ1v) is 4.95. The lowest BCUT2D eigenvalue weighted by Crippen LogP contribution is -2.18. The molecule has 0 amide bonds. The molecule has 0 atom stereocenters. The second kappa shape index (κ2) is 5.12. The highest BCUT2D eigenvalue weighted by Crippen LogP contribution is 2.15. The minimum absolute atomic E-state index is 0.462. The molecule has 1 aromatic heterocycles. The highest BCUT2D eigenvalue weighted by atomic mass is 35.5. The molecule has 0 aliphatic rings. The summed E-state index contributed by atoms with van der Waals surface area (Å²) in [7, 11) is 1.94. The number of nitriles is 1. The predicted octanol–water partition coefficient (Wildman–Crippen LogP) is 1.54. The lowest BCUT2D eigenvalue weighted by molar-refractivity contribution is 0.333. The number of hydrogen-bond donors (Lipinski definition) is 0. The van der Waals surface area contributed by atoms with Gasteiger partial charge in [0.15, 0.2) is 0 Å². The van der Waals surface area contributed by atoms with Gasteiger partial charge in [-0.3, -0.25) is 4.90 Å². The molecule has 1 rings (SSSR count). The van der Waals surface area contributed by atoms with E-state index in [-0.39, 0.29) is 0 Å². The lowest BCUT2D eigenvalue weighted by atomic mass is 10.4. The van der Waals surface area contributed by atoms with E-state index in [9.17, 15) is 0 Å². The quantitative estimate of drug-likeness (QED) is 0.766. The van der Waals surface area contributed by atoms with E-state index in [2.05, 4.69) is 16.3 Å². The summed E-state index contributed by atoms with van der Waals surface area (Å²) in [6.07, 6.45) is 0.531. The summed E-state index contributed by atoms with van der Waals surface area (Å²) in [6.45, 7) is 1.44. The molecule has 0 aliphatic heterocycles. The summed E-state index contributed by atoms with van der Waals surface area (Å²) < 4.78 is 0.462. The highest BCUT2D eigenvalue weighted by molar-refractivity contribution is 7.15. The molecule has 4 nitrogen and oxygen atoms in total. The van der Waals surface area contributed by atoms with E-state index < -0.39 is 0 Å². The molecule has 0 spiro atoms. The molecule has 13 heavy (non-hydrogen) atoms. The minimum Gasteiger partial charge on any atom is -0.299 e. The number of halogens is 1. The molecule has 0 bridgehead atoms. The van der Waals surface area contributed by atoms with Crippen LogP contribution in [-0.2, 0) is 6.54 Å². The topological polar surface area (TPSA) is 52.8 Å². The van der Waals surface area contributed by atoms with Crippen LogP contribution in [0.2, 0.25) is 4.47 Å². The van der Waals surface area contributed by atoms with Crippen LogP contribution in [0.25, 0.3) is 0 Å². The van der Waals surface area contributed by atoms with Crippen molar-refractivity contribution in [2.75, 3.05) is 13.6 Å². The Kier molecular flexibility index (Phi) is 4.09. The summed E-state index contributed by atoms with van der Waals surface area (Å²) in [4.78, 5) is 2.01. The second-order valence-corrected chi connectivity index (χ2v) is 4.24. The summed E-state index contributed by atoms with van der Waals surface area (Å²) in [5.74, 6) is 0. The van der Waals surface area contributed by atoms with Crippen molar-refractivity contribution in [1.82, 2.24) is 15.1 Å². The van der Waals surface area contributed by atoms with Crippen molar-refractivity contribution in [1.29, 1.82) is 5.26 Å². The maximum Gasteiger partial charge on any atom is 0.207 e. The zero-order chi connectivity index (χ0) is 9.68. The van der Waals surface area contributed by atoms with E-state index in [1.165, 1.54) is 11.3 Å². The van der Waals surface area contributed by atoms with Crippen molar-refractivity contribution in [2.24, 2.45) is 0 Å². The predicted molar refractivity (Wildman–Crippen MR) is 51.5 cm³/mol. The number of rotatable bonds is 4. The van der Waals surface area contributed by atoms with Gasteiger partial charge in [0, 0.05) is 13.0 Å². The second-order valence-electron chi connectivity index (χ2n) is 2.59. The number of nitrogens with zero attached hydrogens (tertiary/aromatic N) is 4. The Hall–Kier alpha value is -0.700. The van der Waals surface area contributed by atoms with Gasteiger partial charge in [-0.2, -0.15) is 5.26 Å². The molecule has 0 saturated carbocycles. The van der Waals surface area contributed by atoms with Crippen molar-refractivity contribution < 1.29 is 0 Å². The van der Waals surface area contributed by atoms with Gasteiger partial charge in [0.25, 0.3) is 0 Å². The Morgan fingerprint density at radius 1 is 1.62 bits per heavy atom. The highest BCUT2D eigenvalue weighted by Gasteiger charge is 2.04. The first-order chi connectivity index (χ1) is 6.22. The first-order valence-electron chi connectivity index (χ1n) is 3.75. The molecule has 1 aromatic rings. The Labute approximate surface area is 85.8 Å². The van der Waals surface area contributed by atoms with E-state index in [0.717, 1.165) is 11.6 Å². The van der Waals surface area contributed by atoms with Crippen LogP contribution >= 0.6 is 22.9 Å². The Bertz CT molecular complexity index is 306. The third-order valence-electron chi connectivity index (χ3n) is 1.45. The Morgan fingerprint density at radius 3 is 2.92 bits per heavy atom. The van der Waals surface area contributed by atoms with Crippen molar-refractivity contribution >= 4 is 22.9 Å². The van der Waals surface area contributed by atoms with Crippen LogP contribution in [0, 0.1) is 11.3 Å². The van der Waals surface area contributed by atoms with E-state index in [4.69, 9.17) is 16.9 Å². The van der Waals surface area contributed by atoms with E-state index in [1.807, 2.05) is 11.9 Å². The van der Waals surface area contributed by atoms with Crippen LogP contribution in [0.3, 0.4) is 0 Å². The summed E-state index contributed by atoms with van der Waals surface area (Å²) in [5.41, 5.74) is 0. The molecule has 0 fully saturated rings. The maximum absolute atomic E-state index is 8.36. The van der Waals surface area contributed by atoms with Gasteiger partial charge < -0.3 is 0 Å². The van der Waals surface area contributed by atoms with Crippen LogP contribution in [0.5, 0.6) is 0 Å². The van der Waals surface area contributed by atoms with Gasteiger partial charge in [0.1, 0.15) is 5.01 Å². The molecular weight excluding hydrogens is 208 g/mol. The van der Waals surface area contributed by atoms with Crippen LogP contribution in [-0.4, -0.2) is 28.7 Å². The molecule has 0 saturated heterocycles. The zero-order valence-electron chi connectivity index (χ0n) is 7.20. The van der Waals surface area contributed by atoms with Crippen molar-refractivity contribution in [3.63, 3.8) is 0 Å². The smallest absolute Gasteiger partial charge is 0.207 e. The van der Waals surface area contributed by atoms with Crippen LogP contribution < -0.4 is 0 Å². The Morgan fingerprint density at radius 2 is 2.38 bits per heavy atom. The third-order valence-corrected chi connectivity index (χ3v) is 2.46. The van der Waals surface area contributed by atoms with Crippen LogP contribution in [0.1, 0.15) is 11.4 Å². The first kappa shape index (κ1) is 10.4. The fourth-order valence-corrected chi connectivity index (χ4v) is 1.80. The van der Waals surface area contributed by atoms with E-state index in [1.54, 1.807) is 0 Å². The van der Waals surface area contributed by atoms with E-state index in [0.29, 0.717) is 17.4 Å². The molecule has 6 heteroatoms. The summed E-state index contributed by atoms with van der Waals surface area (Å²) >= 11 is 6.99. The molecule has 70 valence electrons. The average Bonchev–Trinajstić information content (AvgIpc) is 2.48. The molecule has 0 aliphatic carbocycles. The van der Waals surface area contributed by atoms with Crippen LogP contribution in [0.4, 0.5) is 0 Å². The minimum atomic E-state index is 0.462. The van der Waals surface area contributed by atoms with Gasteiger partial charge in [-0.05, 0) is 18.6 Å². The van der Waals surface area contributed by atoms with Gasteiger partial charge in [0.2, 0.25) is 4.47 Å². The van der Waals surface area contributed by atoms with Gasteiger partial charge in [-0.15, -0.1) is 10.2 Å². The molecule has 0 radical (unpaired) electrons. The standard InChI is InChI=1S/C7H9ClN4S/c1-12(4-2-3-9)5-6-10-11-7(8)13-6/h2,4-5H2,1H3. The van der Waals surface area contributed by atoms with E-state index >= 15 is 0 Å². The number of aromatic nitrogens is 2. The van der Waals surface area contributed by atoms with Crippen molar-refractivity contribution in [3.8, 4) is 6.07 Å². The van der Waals surface area contributed by atoms with Crippen LogP contribution in [0.15, 0.2) is 0 Å². The molecule has 1 heterocycles. The largest absolute Gasteiger partial charge is 0.299 e. The zero-order valence-corrected chi connectivity index (χ0v) is 8.77. The van der Waals surface area contributed by atoms with Gasteiger partial charge in [-0.1, -0.05) is 11.3 Å². The van der Waals surface area contributed by atoms with Crippen molar-refractivity contribution in [2.45, 2.75) is 13.0 Å². The van der Waals surface area contributed by atoms with Crippen molar-refractivity contribution in [3.05, 3.63) is 9.47 Å². The maximum atomic E-state index is 8.36. The molecule has 0 unspecified atom stereocenters. The van der Waals surface area contributed by atoms with Gasteiger partial charge in [-0.25, -0.2) is 0 Å². The normalized spacial score (nSPS) is 10.3. The lowest BCUT2D eigenvalue weighted by Gasteiger charge is -2.11. The fraction of sp³-hybridized carbons (Fsp3) is 0.571. The third kappa shape index (κ3) is 3.68. The average molecular weight is 217 g/mol. The summed E-state index contributed by atoms with van der Waals surface area (Å²) in [6, 6.07) is 2.09. The Balaban J connectivity index is 2.37. The summed E-state index contributed by atoms with van der Waals surface area (Å²) in [5, 5.41) is 16.8. The SMILES string of the molecule is CN(CCC#N)Cc1nnc(Cl)s1. The molecule has 0 aromatic carbocycles. The number of hydrogen-bond acceptors (Lipinski definition) is 5. The van der Waals surface area contributed by atoms with Gasteiger partial charge >= 0.3 is 0 Å². The molecular formula is C7H9ClN4S.